The number of rotatable bonds is 4. The van der Waals surface area contributed by atoms with E-state index in [4.69, 9.17) is 9.84 Å². The summed E-state index contributed by atoms with van der Waals surface area (Å²) in [6.07, 6.45) is -0.853. The Hall–Kier alpha value is -2.29. The first-order valence-electron chi connectivity index (χ1n) is 6.13. The Bertz CT molecular complexity index is 573. The smallest absolute Gasteiger partial charge is 0.344 e. The van der Waals surface area contributed by atoms with Crippen molar-refractivity contribution >= 4 is 5.97 Å². The molecule has 2 rings (SSSR count). The zero-order valence-electron chi connectivity index (χ0n) is 11.0. The van der Waals surface area contributed by atoms with E-state index in [0.717, 1.165) is 11.1 Å². The highest BCUT2D eigenvalue weighted by atomic mass is 16.5. The molecule has 0 heterocycles. The third-order valence-corrected chi connectivity index (χ3v) is 2.88. The molecule has 0 saturated heterocycles. The van der Waals surface area contributed by atoms with Crippen LogP contribution in [0.2, 0.25) is 0 Å². The van der Waals surface area contributed by atoms with Gasteiger partial charge in [-0.3, -0.25) is 0 Å². The fourth-order valence-corrected chi connectivity index (χ4v) is 1.75. The quantitative estimate of drug-likeness (QED) is 0.910. The maximum absolute atomic E-state index is 10.8. The number of carboxylic acids is 1. The Labute approximate surface area is 112 Å². The van der Waals surface area contributed by atoms with Crippen LogP contribution in [-0.2, 0) is 4.79 Å². The predicted octanol–water partition coefficient (Wildman–Crippen LogP) is 3.51. The van der Waals surface area contributed by atoms with Gasteiger partial charge in [0.2, 0.25) is 0 Å². The van der Waals surface area contributed by atoms with Crippen LogP contribution in [0.4, 0.5) is 0 Å². The summed E-state index contributed by atoms with van der Waals surface area (Å²) in [4.78, 5) is 10.8. The minimum absolute atomic E-state index is 0.563. The lowest BCUT2D eigenvalue weighted by Crippen LogP contribution is -2.22. The predicted molar refractivity (Wildman–Crippen MR) is 74.3 cm³/mol. The van der Waals surface area contributed by atoms with Gasteiger partial charge in [-0.05, 0) is 37.1 Å². The van der Waals surface area contributed by atoms with Crippen molar-refractivity contribution in [1.29, 1.82) is 0 Å². The number of hydrogen-bond donors (Lipinski definition) is 1. The van der Waals surface area contributed by atoms with Crippen LogP contribution in [0.1, 0.15) is 12.5 Å². The van der Waals surface area contributed by atoms with Crippen molar-refractivity contribution < 1.29 is 14.6 Å². The van der Waals surface area contributed by atoms with Crippen molar-refractivity contribution in [2.45, 2.75) is 20.0 Å². The van der Waals surface area contributed by atoms with Crippen LogP contribution >= 0.6 is 0 Å². The number of benzene rings is 2. The van der Waals surface area contributed by atoms with Gasteiger partial charge in [-0.1, -0.05) is 42.0 Å². The van der Waals surface area contributed by atoms with Gasteiger partial charge in [0, 0.05) is 0 Å². The summed E-state index contributed by atoms with van der Waals surface area (Å²) in [5.41, 5.74) is 3.30. The summed E-state index contributed by atoms with van der Waals surface area (Å²) in [7, 11) is 0. The normalized spacial score (nSPS) is 11.9. The van der Waals surface area contributed by atoms with Crippen LogP contribution in [0.3, 0.4) is 0 Å². The molecule has 3 nitrogen and oxygen atoms in total. The van der Waals surface area contributed by atoms with Gasteiger partial charge in [-0.15, -0.1) is 0 Å². The monoisotopic (exact) mass is 256 g/mol. The van der Waals surface area contributed by atoms with Gasteiger partial charge in [0.05, 0.1) is 0 Å². The Morgan fingerprint density at radius 1 is 1.11 bits per heavy atom. The zero-order chi connectivity index (χ0) is 13.8. The second-order valence-corrected chi connectivity index (χ2v) is 4.49. The van der Waals surface area contributed by atoms with Gasteiger partial charge >= 0.3 is 5.97 Å². The molecule has 19 heavy (non-hydrogen) atoms. The van der Waals surface area contributed by atoms with Crippen molar-refractivity contribution in [3.05, 3.63) is 54.1 Å². The van der Waals surface area contributed by atoms with Crippen molar-refractivity contribution in [2.24, 2.45) is 0 Å². The number of aliphatic carboxylic acids is 1. The van der Waals surface area contributed by atoms with E-state index in [2.05, 4.69) is 0 Å². The average Bonchev–Trinajstić information content (AvgIpc) is 2.39. The topological polar surface area (TPSA) is 46.5 Å². The van der Waals surface area contributed by atoms with Crippen molar-refractivity contribution in [3.63, 3.8) is 0 Å². The summed E-state index contributed by atoms with van der Waals surface area (Å²) in [6, 6.07) is 15.6. The van der Waals surface area contributed by atoms with Gasteiger partial charge in [0.25, 0.3) is 0 Å². The van der Waals surface area contributed by atoms with Crippen molar-refractivity contribution in [1.82, 2.24) is 0 Å². The maximum atomic E-state index is 10.8. The second-order valence-electron chi connectivity index (χ2n) is 4.49. The molecule has 0 spiro atoms. The Morgan fingerprint density at radius 3 is 2.42 bits per heavy atom. The van der Waals surface area contributed by atoms with E-state index in [1.807, 2.05) is 49.4 Å². The minimum atomic E-state index is -0.972. The summed E-state index contributed by atoms with van der Waals surface area (Å²) >= 11 is 0. The van der Waals surface area contributed by atoms with Crippen LogP contribution in [0.5, 0.6) is 5.75 Å². The third-order valence-electron chi connectivity index (χ3n) is 2.88. The Kier molecular flexibility index (Phi) is 3.85. The fraction of sp³-hybridized carbons (Fsp3) is 0.188. The number of aryl methyl sites for hydroxylation is 1. The van der Waals surface area contributed by atoms with Crippen LogP contribution in [-0.4, -0.2) is 17.2 Å². The average molecular weight is 256 g/mol. The fourth-order valence-electron chi connectivity index (χ4n) is 1.75. The van der Waals surface area contributed by atoms with Crippen molar-refractivity contribution in [3.8, 4) is 16.9 Å². The van der Waals surface area contributed by atoms with E-state index < -0.39 is 12.1 Å². The molecule has 0 bridgehead atoms. The molecule has 2 aromatic rings. The Morgan fingerprint density at radius 2 is 1.79 bits per heavy atom. The third kappa shape index (κ3) is 3.35. The molecule has 98 valence electrons. The van der Waals surface area contributed by atoms with Crippen LogP contribution in [0, 0.1) is 6.92 Å². The summed E-state index contributed by atoms with van der Waals surface area (Å²) in [5.74, 6) is -0.409. The van der Waals surface area contributed by atoms with Gasteiger partial charge in [-0.2, -0.15) is 0 Å². The first-order valence-corrected chi connectivity index (χ1v) is 6.13. The van der Waals surface area contributed by atoms with E-state index in [-0.39, 0.29) is 0 Å². The molecule has 1 unspecified atom stereocenters. The molecule has 0 fully saturated rings. The SMILES string of the molecule is Cc1ccc(-c2cccc(OC(C)C(=O)O)c2)cc1. The molecule has 0 aliphatic rings. The molecule has 0 aromatic heterocycles. The van der Waals surface area contributed by atoms with Gasteiger partial charge in [0.1, 0.15) is 5.75 Å². The van der Waals surface area contributed by atoms with Gasteiger partial charge in [0.15, 0.2) is 6.10 Å². The molecule has 1 N–H and O–H groups in total. The first kappa shape index (κ1) is 13.1. The number of hydrogen-bond acceptors (Lipinski definition) is 2. The van der Waals surface area contributed by atoms with Gasteiger partial charge in [-0.25, -0.2) is 4.79 Å². The molecule has 0 amide bonds. The lowest BCUT2D eigenvalue weighted by molar-refractivity contribution is -0.144. The van der Waals surface area contributed by atoms with E-state index in [0.29, 0.717) is 5.75 Å². The lowest BCUT2D eigenvalue weighted by atomic mass is 10.0. The van der Waals surface area contributed by atoms with E-state index in [9.17, 15) is 4.79 Å². The Balaban J connectivity index is 2.24. The minimum Gasteiger partial charge on any atom is -0.479 e. The molecule has 3 heteroatoms. The number of carbonyl (C=O) groups is 1. The van der Waals surface area contributed by atoms with Crippen LogP contribution < -0.4 is 4.74 Å². The summed E-state index contributed by atoms with van der Waals surface area (Å²) in [5, 5.41) is 8.84. The molecule has 2 aromatic carbocycles. The molecule has 0 aliphatic heterocycles. The van der Waals surface area contributed by atoms with Gasteiger partial charge < -0.3 is 9.84 Å². The van der Waals surface area contributed by atoms with Crippen LogP contribution in [0.25, 0.3) is 11.1 Å². The molecule has 1 atom stereocenters. The van der Waals surface area contributed by atoms with Crippen molar-refractivity contribution in [2.75, 3.05) is 0 Å². The molecular weight excluding hydrogens is 240 g/mol. The highest BCUT2D eigenvalue weighted by Gasteiger charge is 2.12. The second kappa shape index (κ2) is 5.57. The lowest BCUT2D eigenvalue weighted by Gasteiger charge is -2.11. The highest BCUT2D eigenvalue weighted by Crippen LogP contribution is 2.24. The molecule has 0 radical (unpaired) electrons. The number of carboxylic acid groups (broad SMARTS) is 1. The molecular formula is C16H16O3. The standard InChI is InChI=1S/C16H16O3/c1-11-6-8-13(9-7-11)14-4-3-5-15(10-14)19-12(2)16(17)18/h3-10,12H,1-2H3,(H,17,18). The number of ether oxygens (including phenoxy) is 1. The maximum Gasteiger partial charge on any atom is 0.344 e. The first-order chi connectivity index (χ1) is 9.06. The molecule has 0 aliphatic carbocycles. The molecule has 0 saturated carbocycles. The van der Waals surface area contributed by atoms with Crippen LogP contribution in [0.15, 0.2) is 48.5 Å². The largest absolute Gasteiger partial charge is 0.479 e. The zero-order valence-corrected chi connectivity index (χ0v) is 11.0. The van der Waals surface area contributed by atoms with E-state index in [1.54, 1.807) is 6.07 Å². The highest BCUT2D eigenvalue weighted by molar-refractivity contribution is 5.72. The summed E-state index contributed by atoms with van der Waals surface area (Å²) in [6.45, 7) is 3.55. The summed E-state index contributed by atoms with van der Waals surface area (Å²) < 4.78 is 5.36. The van der Waals surface area contributed by atoms with E-state index >= 15 is 0 Å². The van der Waals surface area contributed by atoms with E-state index in [1.165, 1.54) is 12.5 Å².